The summed E-state index contributed by atoms with van der Waals surface area (Å²) in [6, 6.07) is 83.9. The number of anilines is 3. The van der Waals surface area contributed by atoms with Gasteiger partial charge in [0.25, 0.3) is 0 Å². The van der Waals surface area contributed by atoms with Gasteiger partial charge in [-0.3, -0.25) is 0 Å². The van der Waals surface area contributed by atoms with Crippen molar-refractivity contribution in [2.24, 2.45) is 0 Å². The molecule has 0 spiro atoms. The number of rotatable bonds is 7. The van der Waals surface area contributed by atoms with Gasteiger partial charge in [-0.2, -0.15) is 0 Å². The zero-order valence-corrected chi connectivity index (χ0v) is 38.2. The van der Waals surface area contributed by atoms with Gasteiger partial charge in [-0.25, -0.2) is 0 Å². The molecule has 0 bridgehead atoms. The van der Waals surface area contributed by atoms with E-state index in [0.717, 1.165) is 17.1 Å². The van der Waals surface area contributed by atoms with Gasteiger partial charge in [0.1, 0.15) is 0 Å². The Morgan fingerprint density at radius 2 is 0.894 bits per heavy atom. The summed E-state index contributed by atoms with van der Waals surface area (Å²) < 4.78 is 0. The molecule has 2 aliphatic rings. The molecule has 0 atom stereocenters. The molecule has 0 fully saturated rings. The van der Waals surface area contributed by atoms with Gasteiger partial charge in [0, 0.05) is 16.8 Å². The average molecular weight is 848 g/mol. The van der Waals surface area contributed by atoms with E-state index in [-0.39, 0.29) is 10.8 Å². The first-order valence-electron chi connectivity index (χ1n) is 23.6. The Hall–Kier alpha value is -7.48. The van der Waals surface area contributed by atoms with Gasteiger partial charge >= 0.3 is 0 Å². The molecule has 0 saturated heterocycles. The van der Waals surface area contributed by atoms with Crippen molar-refractivity contribution >= 4 is 38.6 Å². The molecule has 0 aliphatic heterocycles. The molecular weight excluding hydrogens is 795 g/mol. The molecule has 0 radical (unpaired) electrons. The second-order valence-corrected chi connectivity index (χ2v) is 19.9. The van der Waals surface area contributed by atoms with Crippen molar-refractivity contribution in [2.75, 3.05) is 4.90 Å². The summed E-state index contributed by atoms with van der Waals surface area (Å²) in [5.74, 6) is 0. The average Bonchev–Trinajstić information content (AvgIpc) is 3.66. The van der Waals surface area contributed by atoms with Gasteiger partial charge in [0.2, 0.25) is 0 Å². The summed E-state index contributed by atoms with van der Waals surface area (Å²) in [7, 11) is 0. The lowest BCUT2D eigenvalue weighted by atomic mass is 9.61. The third-order valence-electron chi connectivity index (χ3n) is 15.2. The van der Waals surface area contributed by atoms with Crippen LogP contribution < -0.4 is 4.90 Å². The Morgan fingerprint density at radius 3 is 1.61 bits per heavy atom. The van der Waals surface area contributed by atoms with Crippen molar-refractivity contribution in [1.82, 2.24) is 0 Å². The number of fused-ring (bicyclic) bond motifs is 6. The summed E-state index contributed by atoms with van der Waals surface area (Å²) in [6.45, 7) is 9.82. The third kappa shape index (κ3) is 6.28. The van der Waals surface area contributed by atoms with Gasteiger partial charge in [-0.05, 0) is 149 Å². The van der Waals surface area contributed by atoms with E-state index in [1.165, 1.54) is 101 Å². The van der Waals surface area contributed by atoms with Crippen molar-refractivity contribution in [3.8, 4) is 33.4 Å². The summed E-state index contributed by atoms with van der Waals surface area (Å²) >= 11 is 0. The van der Waals surface area contributed by atoms with E-state index in [1.807, 2.05) is 0 Å². The third-order valence-corrected chi connectivity index (χ3v) is 15.2. The minimum absolute atomic E-state index is 0.0720. The largest absolute Gasteiger partial charge is 0.310 e. The first-order chi connectivity index (χ1) is 32.2. The minimum Gasteiger partial charge on any atom is -0.310 e. The molecule has 12 rings (SSSR count). The van der Waals surface area contributed by atoms with Crippen molar-refractivity contribution in [1.29, 1.82) is 0 Å². The van der Waals surface area contributed by atoms with Crippen LogP contribution in [0.15, 0.2) is 224 Å². The molecule has 0 saturated carbocycles. The summed E-state index contributed by atoms with van der Waals surface area (Å²) in [4.78, 5) is 2.42. The van der Waals surface area contributed by atoms with E-state index in [2.05, 4.69) is 257 Å². The first-order valence-corrected chi connectivity index (χ1v) is 23.6. The lowest BCUT2D eigenvalue weighted by Gasteiger charge is -2.43. The predicted octanol–water partition coefficient (Wildman–Crippen LogP) is 17.5. The lowest BCUT2D eigenvalue weighted by Crippen LogP contribution is -2.35. The molecule has 10 aromatic carbocycles. The Balaban J connectivity index is 1.04. The number of hydrogen-bond acceptors (Lipinski definition) is 1. The quantitative estimate of drug-likeness (QED) is 0.154. The van der Waals surface area contributed by atoms with Gasteiger partial charge in [-0.1, -0.05) is 210 Å². The van der Waals surface area contributed by atoms with Crippen LogP contribution in [-0.2, 0) is 16.2 Å². The van der Waals surface area contributed by atoms with Crippen molar-refractivity contribution in [2.45, 2.75) is 56.8 Å². The SMILES string of the molecule is CC1(C)CCC(C)(C)c2cc3c(cc21)-c1c(-c2ccc4cc(N(c5ccc(-c6ccccc6)cc5)c5cccc6ccccc56)ccc4c2)cccc1C3(c1ccccc1)c1ccccc1. The Bertz CT molecular complexity index is 3410. The fraction of sp³-hybridized carbons (Fsp3) is 0.138. The minimum atomic E-state index is -0.480. The van der Waals surface area contributed by atoms with E-state index in [0.29, 0.717) is 0 Å². The lowest BCUT2D eigenvalue weighted by molar-refractivity contribution is 0.331. The zero-order valence-electron chi connectivity index (χ0n) is 38.2. The maximum Gasteiger partial charge on any atom is 0.0713 e. The summed E-state index contributed by atoms with van der Waals surface area (Å²) in [5.41, 5.74) is 19.0. The molecule has 10 aromatic rings. The van der Waals surface area contributed by atoms with Gasteiger partial charge in [0.15, 0.2) is 0 Å². The van der Waals surface area contributed by atoms with E-state index in [9.17, 15) is 0 Å². The summed E-state index contributed by atoms with van der Waals surface area (Å²) in [6.07, 6.45) is 2.35. The molecule has 2 aliphatic carbocycles. The Morgan fingerprint density at radius 1 is 0.348 bits per heavy atom. The smallest absolute Gasteiger partial charge is 0.0713 e. The fourth-order valence-corrected chi connectivity index (χ4v) is 11.6. The molecule has 0 unspecified atom stereocenters. The molecule has 318 valence electrons. The molecular formula is C65H53N. The normalized spacial score (nSPS) is 15.2. The highest BCUT2D eigenvalue weighted by molar-refractivity contribution is 6.02. The predicted molar refractivity (Wildman–Crippen MR) is 280 cm³/mol. The van der Waals surface area contributed by atoms with Gasteiger partial charge < -0.3 is 4.90 Å². The molecule has 1 nitrogen and oxygen atoms in total. The van der Waals surface area contributed by atoms with Crippen LogP contribution in [0.4, 0.5) is 17.1 Å². The van der Waals surface area contributed by atoms with Crippen LogP contribution >= 0.6 is 0 Å². The highest BCUT2D eigenvalue weighted by atomic mass is 15.1. The van der Waals surface area contributed by atoms with Crippen molar-refractivity contribution in [3.05, 3.63) is 258 Å². The first kappa shape index (κ1) is 40.1. The molecule has 1 heteroatoms. The second kappa shape index (κ2) is 15.3. The standard InChI is InChI=1S/C65H53N/c1-63(2)38-39-64(3,4)60-43-58-56(42-59(60)63)62-55(27-17-28-57(62)65(58,50-22-10-6-11-23-50)51-24-12-7-13-25-51)49-31-30-48-41-53(37-34-47(48)40-49)66(61-29-16-21-46-20-14-15-26-54(46)61)52-35-32-45(33-36-52)44-18-8-5-9-19-44/h5-37,40-43H,38-39H2,1-4H3. The monoisotopic (exact) mass is 847 g/mol. The summed E-state index contributed by atoms with van der Waals surface area (Å²) in [5, 5.41) is 4.86. The molecule has 0 aromatic heterocycles. The van der Waals surface area contributed by atoms with Crippen LogP contribution in [0.1, 0.15) is 73.9 Å². The fourth-order valence-electron chi connectivity index (χ4n) is 11.6. The maximum atomic E-state index is 2.63. The van der Waals surface area contributed by atoms with E-state index in [1.54, 1.807) is 0 Å². The Labute approximate surface area is 389 Å². The molecule has 0 N–H and O–H groups in total. The highest BCUT2D eigenvalue weighted by Crippen LogP contribution is 2.61. The van der Waals surface area contributed by atoms with Gasteiger partial charge in [0.05, 0.1) is 11.1 Å². The Kier molecular flexibility index (Phi) is 9.30. The van der Waals surface area contributed by atoms with Crippen LogP contribution in [-0.4, -0.2) is 0 Å². The number of benzene rings is 10. The van der Waals surface area contributed by atoms with Gasteiger partial charge in [-0.15, -0.1) is 0 Å². The number of hydrogen-bond donors (Lipinski definition) is 0. The second-order valence-electron chi connectivity index (χ2n) is 19.9. The van der Waals surface area contributed by atoms with Crippen LogP contribution in [0.2, 0.25) is 0 Å². The van der Waals surface area contributed by atoms with Crippen molar-refractivity contribution < 1.29 is 0 Å². The van der Waals surface area contributed by atoms with Crippen LogP contribution in [0.3, 0.4) is 0 Å². The maximum absolute atomic E-state index is 2.63. The van der Waals surface area contributed by atoms with E-state index >= 15 is 0 Å². The van der Waals surface area contributed by atoms with E-state index in [4.69, 9.17) is 0 Å². The number of nitrogens with zero attached hydrogens (tertiary/aromatic N) is 1. The molecule has 0 amide bonds. The zero-order chi connectivity index (χ0) is 44.6. The highest BCUT2D eigenvalue weighted by Gasteiger charge is 2.49. The van der Waals surface area contributed by atoms with Crippen LogP contribution in [0.25, 0.3) is 54.9 Å². The van der Waals surface area contributed by atoms with Crippen LogP contribution in [0.5, 0.6) is 0 Å². The molecule has 66 heavy (non-hydrogen) atoms. The topological polar surface area (TPSA) is 3.24 Å². The van der Waals surface area contributed by atoms with Crippen LogP contribution in [0, 0.1) is 0 Å². The van der Waals surface area contributed by atoms with Crippen molar-refractivity contribution in [3.63, 3.8) is 0 Å². The van der Waals surface area contributed by atoms with E-state index < -0.39 is 5.41 Å². The molecule has 0 heterocycles.